The van der Waals surface area contributed by atoms with Crippen LogP contribution in [0.1, 0.15) is 39.6 Å². The Hall–Kier alpha value is -2.09. The molecule has 1 saturated heterocycles. The van der Waals surface area contributed by atoms with Gasteiger partial charge in [0.25, 0.3) is 0 Å². The molecule has 6 nitrogen and oxygen atoms in total. The van der Waals surface area contributed by atoms with Crippen LogP contribution in [0, 0.1) is 0 Å². The molecule has 0 radical (unpaired) electrons. The number of amides is 1. The monoisotopic (exact) mass is 433 g/mol. The minimum Gasteiger partial charge on any atom is -0.444 e. The first kappa shape index (κ1) is 20.2. The van der Waals surface area contributed by atoms with E-state index in [1.807, 2.05) is 51.3 Å². The van der Waals surface area contributed by atoms with Crippen LogP contribution in [0.3, 0.4) is 0 Å². The van der Waals surface area contributed by atoms with Gasteiger partial charge in [0, 0.05) is 34.6 Å². The van der Waals surface area contributed by atoms with Gasteiger partial charge in [0.1, 0.15) is 17.2 Å². The molecular weight excluding hydrogens is 410 g/mol. The Balaban J connectivity index is 1.77. The molecule has 3 aromatic rings. The summed E-state index contributed by atoms with van der Waals surface area (Å²) in [5.74, 6) is 0.477. The summed E-state index contributed by atoms with van der Waals surface area (Å²) in [5.41, 5.74) is 1.68. The number of benzene rings is 1. The molecule has 1 aliphatic rings. The lowest BCUT2D eigenvalue weighted by molar-refractivity contribution is 0.00267. The molecule has 0 bridgehead atoms. The zero-order valence-electron chi connectivity index (χ0n) is 16.9. The number of carbonyl (C=O) groups excluding carboxylic acids is 1. The van der Waals surface area contributed by atoms with Crippen molar-refractivity contribution in [1.29, 1.82) is 0 Å². The van der Waals surface area contributed by atoms with Crippen molar-refractivity contribution in [3.63, 3.8) is 0 Å². The maximum atomic E-state index is 12.9. The van der Waals surface area contributed by atoms with Crippen LogP contribution in [0.25, 0.3) is 21.5 Å². The highest BCUT2D eigenvalue weighted by molar-refractivity contribution is 7.13. The number of hydrogen-bond donors (Lipinski definition) is 1. The molecule has 3 heterocycles. The summed E-state index contributed by atoms with van der Waals surface area (Å²) in [7, 11) is 0. The first-order chi connectivity index (χ1) is 13.7. The minimum atomic E-state index is -0.573. The zero-order chi connectivity index (χ0) is 20.8. The predicted octanol–water partition coefficient (Wildman–Crippen LogP) is 5.48. The van der Waals surface area contributed by atoms with Gasteiger partial charge in [-0.3, -0.25) is 4.90 Å². The van der Waals surface area contributed by atoms with Gasteiger partial charge in [-0.15, -0.1) is 11.3 Å². The number of fused-ring (bicyclic) bond motifs is 1. The highest BCUT2D eigenvalue weighted by Gasteiger charge is 2.38. The van der Waals surface area contributed by atoms with E-state index >= 15 is 0 Å². The number of aromatic nitrogens is 1. The summed E-state index contributed by atoms with van der Waals surface area (Å²) in [6, 6.07) is 7.28. The van der Waals surface area contributed by atoms with E-state index < -0.39 is 5.60 Å². The van der Waals surface area contributed by atoms with Crippen LogP contribution in [0.5, 0.6) is 0 Å². The van der Waals surface area contributed by atoms with E-state index in [1.165, 1.54) is 0 Å². The third kappa shape index (κ3) is 4.13. The van der Waals surface area contributed by atoms with Crippen LogP contribution in [0.15, 0.2) is 34.1 Å². The molecular formula is C21H24ClN3O3S. The normalized spacial score (nSPS) is 20.2. The van der Waals surface area contributed by atoms with Gasteiger partial charge in [0.2, 0.25) is 5.89 Å². The standard InChI is InChI=1S/C21H24ClN3O3S/c1-12-17(25(8-7-23-12)20(26)28-21(2,3)4)19-24-15-11-13(22)10-14(18(15)27-19)16-6-5-9-29-16/h5-6,9-12,17,23H,7-8H2,1-4H3/t12?,17-/m0/s1. The number of thiophene rings is 1. The van der Waals surface area contributed by atoms with Gasteiger partial charge in [0.15, 0.2) is 5.58 Å². The number of ether oxygens (including phenoxy) is 1. The Morgan fingerprint density at radius 3 is 2.90 bits per heavy atom. The van der Waals surface area contributed by atoms with Crippen LogP contribution in [0.2, 0.25) is 5.02 Å². The van der Waals surface area contributed by atoms with Gasteiger partial charge in [-0.05, 0) is 51.3 Å². The fourth-order valence-corrected chi connectivity index (χ4v) is 4.51. The van der Waals surface area contributed by atoms with E-state index in [1.54, 1.807) is 22.3 Å². The van der Waals surface area contributed by atoms with Crippen molar-refractivity contribution in [3.05, 3.63) is 40.6 Å². The quantitative estimate of drug-likeness (QED) is 0.579. The van der Waals surface area contributed by atoms with Gasteiger partial charge >= 0.3 is 6.09 Å². The molecule has 0 saturated carbocycles. The van der Waals surface area contributed by atoms with Crippen molar-refractivity contribution < 1.29 is 13.9 Å². The van der Waals surface area contributed by atoms with E-state index in [4.69, 9.17) is 25.7 Å². The Labute approximate surface area is 178 Å². The van der Waals surface area contributed by atoms with E-state index in [0.717, 1.165) is 10.4 Å². The number of carbonyl (C=O) groups is 1. The molecule has 29 heavy (non-hydrogen) atoms. The van der Waals surface area contributed by atoms with E-state index in [2.05, 4.69) is 5.32 Å². The van der Waals surface area contributed by atoms with E-state index in [9.17, 15) is 4.79 Å². The van der Waals surface area contributed by atoms with Gasteiger partial charge in [-0.1, -0.05) is 17.7 Å². The molecule has 1 amide bonds. The average molecular weight is 434 g/mol. The lowest BCUT2D eigenvalue weighted by Crippen LogP contribution is -2.54. The van der Waals surface area contributed by atoms with Crippen molar-refractivity contribution in [1.82, 2.24) is 15.2 Å². The summed E-state index contributed by atoms with van der Waals surface area (Å²) >= 11 is 7.96. The molecule has 0 spiro atoms. The topological polar surface area (TPSA) is 67.6 Å². The van der Waals surface area contributed by atoms with Crippen molar-refractivity contribution >= 4 is 40.1 Å². The van der Waals surface area contributed by atoms with Crippen molar-refractivity contribution in [2.24, 2.45) is 0 Å². The minimum absolute atomic E-state index is 0.0370. The SMILES string of the molecule is CC1NCCN(C(=O)OC(C)(C)C)[C@@H]1c1nc2cc(Cl)cc(-c3cccs3)c2o1. The van der Waals surface area contributed by atoms with Crippen molar-refractivity contribution in [2.45, 2.75) is 45.4 Å². The van der Waals surface area contributed by atoms with Crippen LogP contribution in [-0.2, 0) is 4.74 Å². The number of rotatable bonds is 2. The number of piperazine rings is 1. The molecule has 4 rings (SSSR count). The largest absolute Gasteiger partial charge is 0.444 e. The van der Waals surface area contributed by atoms with Crippen LogP contribution >= 0.6 is 22.9 Å². The zero-order valence-corrected chi connectivity index (χ0v) is 18.4. The summed E-state index contributed by atoms with van der Waals surface area (Å²) in [6.45, 7) is 8.80. The van der Waals surface area contributed by atoms with Crippen LogP contribution < -0.4 is 5.32 Å². The maximum Gasteiger partial charge on any atom is 0.411 e. The Morgan fingerprint density at radius 2 is 2.21 bits per heavy atom. The summed E-state index contributed by atoms with van der Waals surface area (Å²) < 4.78 is 11.9. The third-order valence-corrected chi connectivity index (χ3v) is 5.89. The molecule has 1 aliphatic heterocycles. The molecule has 154 valence electrons. The summed E-state index contributed by atoms with van der Waals surface area (Å²) in [5, 5.41) is 6.01. The second kappa shape index (κ2) is 7.63. The number of hydrogen-bond acceptors (Lipinski definition) is 6. The smallest absolute Gasteiger partial charge is 0.411 e. The molecule has 8 heteroatoms. The third-order valence-electron chi connectivity index (χ3n) is 4.77. The fourth-order valence-electron chi connectivity index (χ4n) is 3.56. The molecule has 1 aromatic carbocycles. The van der Waals surface area contributed by atoms with Gasteiger partial charge in [-0.25, -0.2) is 9.78 Å². The first-order valence-corrected chi connectivity index (χ1v) is 10.9. The van der Waals surface area contributed by atoms with Gasteiger partial charge < -0.3 is 14.5 Å². The fraction of sp³-hybridized carbons (Fsp3) is 0.429. The number of halogens is 1. The summed E-state index contributed by atoms with van der Waals surface area (Å²) in [4.78, 5) is 20.3. The van der Waals surface area contributed by atoms with Gasteiger partial charge in [-0.2, -0.15) is 0 Å². The van der Waals surface area contributed by atoms with Gasteiger partial charge in [0.05, 0.1) is 0 Å². The highest BCUT2D eigenvalue weighted by atomic mass is 35.5. The number of oxazole rings is 1. The first-order valence-electron chi connectivity index (χ1n) is 9.60. The lowest BCUT2D eigenvalue weighted by atomic mass is 10.1. The van der Waals surface area contributed by atoms with E-state index in [0.29, 0.717) is 35.1 Å². The van der Waals surface area contributed by atoms with Crippen molar-refractivity contribution in [3.8, 4) is 10.4 Å². The maximum absolute atomic E-state index is 12.9. The molecule has 1 N–H and O–H groups in total. The second-order valence-corrected chi connectivity index (χ2v) is 9.58. The van der Waals surface area contributed by atoms with Crippen LogP contribution in [-0.4, -0.2) is 40.7 Å². The van der Waals surface area contributed by atoms with Crippen molar-refractivity contribution in [2.75, 3.05) is 13.1 Å². The molecule has 2 aromatic heterocycles. The molecule has 1 unspecified atom stereocenters. The predicted molar refractivity (Wildman–Crippen MR) is 115 cm³/mol. The Kier molecular flexibility index (Phi) is 5.31. The summed E-state index contributed by atoms with van der Waals surface area (Å²) in [6.07, 6.45) is -0.366. The van der Waals surface area contributed by atoms with Crippen LogP contribution in [0.4, 0.5) is 4.79 Å². The highest BCUT2D eigenvalue weighted by Crippen LogP contribution is 2.37. The average Bonchev–Trinajstić information content (AvgIpc) is 3.28. The lowest BCUT2D eigenvalue weighted by Gasteiger charge is -2.39. The Morgan fingerprint density at radius 1 is 1.41 bits per heavy atom. The number of nitrogens with zero attached hydrogens (tertiary/aromatic N) is 2. The molecule has 0 aliphatic carbocycles. The van der Waals surface area contributed by atoms with E-state index in [-0.39, 0.29) is 18.2 Å². The second-order valence-electron chi connectivity index (χ2n) is 8.19. The molecule has 1 fully saturated rings. The number of nitrogens with one attached hydrogen (secondary N) is 1. The Bertz CT molecular complexity index is 1030. The molecule has 2 atom stereocenters.